The Morgan fingerprint density at radius 2 is 2.08 bits per heavy atom. The first-order chi connectivity index (χ1) is 10.9. The van der Waals surface area contributed by atoms with Crippen molar-refractivity contribution in [3.8, 4) is 0 Å². The van der Waals surface area contributed by atoms with Crippen molar-refractivity contribution in [1.29, 1.82) is 0 Å². The third-order valence-corrected chi connectivity index (χ3v) is 5.12. The van der Waals surface area contributed by atoms with Gasteiger partial charge in [-0.25, -0.2) is 18.2 Å². The minimum atomic E-state index is -5.00. The van der Waals surface area contributed by atoms with E-state index in [1.165, 1.54) is 16.2 Å². The Balaban J connectivity index is 0.00000169. The third-order valence-electron chi connectivity index (χ3n) is 3.66. The molecule has 4 rings (SSSR count). The van der Waals surface area contributed by atoms with Gasteiger partial charge < -0.3 is 9.45 Å². The van der Waals surface area contributed by atoms with Gasteiger partial charge in [-0.2, -0.15) is 9.35 Å². The number of carbonyl (C=O) groups excluding carboxylic acids is 1. The molecule has 0 N–H and O–H groups in total. The maximum absolute atomic E-state index is 12.1. The van der Waals surface area contributed by atoms with Crippen LogP contribution >= 0.6 is 11.3 Å². The Morgan fingerprint density at radius 3 is 2.79 bits per heavy atom. The molecule has 0 spiro atoms. The number of para-hydroxylation sites is 1. The molecule has 24 heavy (non-hydrogen) atoms. The smallest absolute Gasteiger partial charge is 0.724 e. The number of fused-ring (bicyclic) bond motifs is 3. The van der Waals surface area contributed by atoms with Crippen LogP contribution in [0.25, 0.3) is 15.8 Å². The van der Waals surface area contributed by atoms with Crippen LogP contribution in [-0.4, -0.2) is 53.1 Å². The van der Waals surface area contributed by atoms with Crippen molar-refractivity contribution in [3.63, 3.8) is 0 Å². The second kappa shape index (κ2) is 6.37. The van der Waals surface area contributed by atoms with Gasteiger partial charge in [0, 0.05) is 12.1 Å². The summed E-state index contributed by atoms with van der Waals surface area (Å²) in [6.45, 7) is 0.580. The van der Waals surface area contributed by atoms with E-state index in [2.05, 4.69) is 9.27 Å². The van der Waals surface area contributed by atoms with Crippen LogP contribution in [0.5, 0.6) is 0 Å². The van der Waals surface area contributed by atoms with Gasteiger partial charge in [0.1, 0.15) is 5.01 Å². The summed E-state index contributed by atoms with van der Waals surface area (Å²) in [6, 6.07) is 6.42. The number of hydrogen-bond donors (Lipinski definition) is 0. The number of amides is 2. The molecule has 1 saturated heterocycles. The van der Waals surface area contributed by atoms with E-state index in [1.807, 2.05) is 24.3 Å². The average Bonchev–Trinajstić information content (AvgIpc) is 3.02. The average molecular weight is 375 g/mol. The summed E-state index contributed by atoms with van der Waals surface area (Å²) in [6.07, 6.45) is 1.73. The van der Waals surface area contributed by atoms with Crippen molar-refractivity contribution in [3.05, 3.63) is 35.3 Å². The monoisotopic (exact) mass is 375 g/mol. The second-order valence-electron chi connectivity index (χ2n) is 5.22. The standard InChI is InChI=1S/C13H11N3O5S2.Na/c17-13-15-6-8(5-9(7-15)16(13)21-23(18,19)20)12-14-10-3-1-2-4-11(10)22-12;/h1-5,9H,6-7H2,(H,18,19,20);/q;+1/p-1. The van der Waals surface area contributed by atoms with E-state index in [9.17, 15) is 17.8 Å². The van der Waals surface area contributed by atoms with Gasteiger partial charge in [0.15, 0.2) is 0 Å². The molecule has 2 aliphatic heterocycles. The molecule has 1 aromatic heterocycles. The first-order valence-electron chi connectivity index (χ1n) is 6.71. The zero-order valence-corrected chi connectivity index (χ0v) is 16.2. The molecule has 3 heterocycles. The molecule has 2 amide bonds. The van der Waals surface area contributed by atoms with E-state index in [0.29, 0.717) is 11.6 Å². The molecule has 2 aliphatic rings. The summed E-state index contributed by atoms with van der Waals surface area (Å²) < 4.78 is 37.6. The topological polar surface area (TPSA) is 103 Å². The number of hydroxylamine groups is 2. The zero-order valence-electron chi connectivity index (χ0n) is 12.6. The largest absolute Gasteiger partial charge is 1.00 e. The molecular formula is C13H10N3NaO5S2. The Kier molecular flexibility index (Phi) is 4.73. The number of carbonyl (C=O) groups is 1. The van der Waals surface area contributed by atoms with E-state index in [1.54, 1.807) is 6.08 Å². The zero-order chi connectivity index (χ0) is 16.2. The normalized spacial score (nSPS) is 20.3. The van der Waals surface area contributed by atoms with E-state index in [0.717, 1.165) is 20.8 Å². The summed E-state index contributed by atoms with van der Waals surface area (Å²) in [5, 5.41) is 1.38. The van der Waals surface area contributed by atoms with Gasteiger partial charge in [0.25, 0.3) is 0 Å². The first kappa shape index (κ1) is 17.8. The van der Waals surface area contributed by atoms with Gasteiger partial charge in [-0.05, 0) is 18.2 Å². The van der Waals surface area contributed by atoms with Crippen LogP contribution in [0, 0.1) is 0 Å². The molecule has 0 saturated carbocycles. The predicted molar refractivity (Wildman–Crippen MR) is 81.0 cm³/mol. The number of rotatable bonds is 3. The number of hydrogen-bond acceptors (Lipinski definition) is 7. The molecule has 1 atom stereocenters. The maximum atomic E-state index is 12.1. The van der Waals surface area contributed by atoms with Gasteiger partial charge in [0.05, 0.1) is 22.8 Å². The fraction of sp³-hybridized carbons (Fsp3) is 0.231. The van der Waals surface area contributed by atoms with E-state index in [-0.39, 0.29) is 36.1 Å². The maximum Gasteiger partial charge on any atom is 1.00 e. The van der Waals surface area contributed by atoms with Crippen LogP contribution in [0.1, 0.15) is 5.01 Å². The van der Waals surface area contributed by atoms with Crippen LogP contribution in [0.4, 0.5) is 4.79 Å². The van der Waals surface area contributed by atoms with Crippen molar-refractivity contribution in [2.45, 2.75) is 6.04 Å². The van der Waals surface area contributed by atoms with Crippen molar-refractivity contribution < 1.29 is 51.6 Å². The molecule has 2 aromatic rings. The summed E-state index contributed by atoms with van der Waals surface area (Å²) in [4.78, 5) is 18.0. The Bertz CT molecular complexity index is 909. The molecule has 2 bridgehead atoms. The van der Waals surface area contributed by atoms with Gasteiger partial charge in [-0.3, -0.25) is 0 Å². The molecule has 1 aromatic carbocycles. The minimum Gasteiger partial charge on any atom is -0.724 e. The summed E-state index contributed by atoms with van der Waals surface area (Å²) in [5.74, 6) is 0. The SMILES string of the molecule is O=C1N2CC(c3nc4ccccc4s3)=CC(C2)N1OS(=O)(=O)[O-].[Na+]. The predicted octanol–water partition coefficient (Wildman–Crippen LogP) is -1.80. The van der Waals surface area contributed by atoms with Crippen molar-refractivity contribution in [1.82, 2.24) is 14.9 Å². The van der Waals surface area contributed by atoms with E-state index in [4.69, 9.17) is 0 Å². The number of aromatic nitrogens is 1. The molecule has 8 nitrogen and oxygen atoms in total. The van der Waals surface area contributed by atoms with Crippen LogP contribution in [-0.2, 0) is 14.7 Å². The fourth-order valence-corrected chi connectivity index (χ4v) is 4.09. The summed E-state index contributed by atoms with van der Waals surface area (Å²) in [5.41, 5.74) is 1.67. The van der Waals surface area contributed by atoms with Gasteiger partial charge in [-0.1, -0.05) is 12.1 Å². The summed E-state index contributed by atoms with van der Waals surface area (Å²) in [7, 11) is -5.00. The quantitative estimate of drug-likeness (QED) is 0.356. The minimum absolute atomic E-state index is 0. The number of thiazole rings is 1. The number of nitrogens with zero attached hydrogens (tertiary/aromatic N) is 3. The number of urea groups is 1. The molecular weight excluding hydrogens is 365 g/mol. The molecule has 11 heteroatoms. The molecule has 0 radical (unpaired) electrons. The first-order valence-corrected chi connectivity index (χ1v) is 8.86. The Morgan fingerprint density at radius 1 is 1.33 bits per heavy atom. The second-order valence-corrected chi connectivity index (χ2v) is 7.21. The van der Waals surface area contributed by atoms with Crippen molar-refractivity contribution in [2.75, 3.05) is 13.1 Å². The third kappa shape index (κ3) is 3.23. The molecule has 1 unspecified atom stereocenters. The number of benzene rings is 1. The van der Waals surface area contributed by atoms with Gasteiger partial charge in [-0.15, -0.1) is 11.3 Å². The van der Waals surface area contributed by atoms with E-state index >= 15 is 0 Å². The van der Waals surface area contributed by atoms with Crippen molar-refractivity contribution in [2.24, 2.45) is 0 Å². The molecule has 0 aliphatic carbocycles. The van der Waals surface area contributed by atoms with E-state index < -0.39 is 22.5 Å². The van der Waals surface area contributed by atoms with Gasteiger partial charge in [0.2, 0.25) is 10.4 Å². The molecule has 120 valence electrons. The summed E-state index contributed by atoms with van der Waals surface area (Å²) >= 11 is 1.49. The molecule has 1 fully saturated rings. The van der Waals surface area contributed by atoms with Crippen molar-refractivity contribution >= 4 is 43.6 Å². The Labute approximate surface area is 163 Å². The fourth-order valence-electron chi connectivity index (χ4n) is 2.74. The van der Waals surface area contributed by atoms with Crippen LogP contribution in [0.15, 0.2) is 30.3 Å². The Hall–Kier alpha value is -1.01. The van der Waals surface area contributed by atoms with Crippen LogP contribution in [0.2, 0.25) is 0 Å². The van der Waals surface area contributed by atoms with Crippen LogP contribution in [0.3, 0.4) is 0 Å². The van der Waals surface area contributed by atoms with Gasteiger partial charge >= 0.3 is 35.6 Å². The van der Waals surface area contributed by atoms with Crippen LogP contribution < -0.4 is 29.6 Å².